The van der Waals surface area contributed by atoms with Gasteiger partial charge in [-0.2, -0.15) is 0 Å². The van der Waals surface area contributed by atoms with E-state index in [1.165, 1.54) is 6.42 Å². The number of rotatable bonds is 4. The molecule has 0 amide bonds. The van der Waals surface area contributed by atoms with Crippen molar-refractivity contribution in [1.82, 2.24) is 10.2 Å². The van der Waals surface area contributed by atoms with E-state index in [-0.39, 0.29) is 6.10 Å². The van der Waals surface area contributed by atoms with Gasteiger partial charge in [0.15, 0.2) is 6.10 Å². The van der Waals surface area contributed by atoms with Gasteiger partial charge in [-0.05, 0) is 18.4 Å². The molecule has 1 aromatic heterocycles. The monoisotopic (exact) mass is 244 g/mol. The average Bonchev–Trinajstić information content (AvgIpc) is 2.78. The summed E-state index contributed by atoms with van der Waals surface area (Å²) < 4.78 is 11.2. The molecule has 0 N–H and O–H groups in total. The number of methoxy groups -OCH3 is 1. The number of hydrogen-bond donors (Lipinski definition) is 0. The first-order valence-electron chi connectivity index (χ1n) is 6.29. The van der Waals surface area contributed by atoms with E-state index in [0.717, 1.165) is 24.3 Å². The first-order valence-corrected chi connectivity index (χ1v) is 6.29. The third-order valence-electron chi connectivity index (χ3n) is 3.47. The summed E-state index contributed by atoms with van der Waals surface area (Å²) in [6.07, 6.45) is 3.30. The molecule has 1 atom stereocenters. The Balaban J connectivity index is 1.85. The first kappa shape index (κ1) is 11.4. The van der Waals surface area contributed by atoms with Crippen molar-refractivity contribution in [3.63, 3.8) is 0 Å². The molecule has 2 aromatic rings. The van der Waals surface area contributed by atoms with Gasteiger partial charge in [-0.3, -0.25) is 0 Å². The van der Waals surface area contributed by atoms with E-state index >= 15 is 0 Å². The lowest BCUT2D eigenvalue weighted by Crippen LogP contribution is -2.08. The summed E-state index contributed by atoms with van der Waals surface area (Å²) in [5.41, 5.74) is 1.03. The number of ether oxygens (including phenoxy) is 1. The van der Waals surface area contributed by atoms with Crippen molar-refractivity contribution in [3.05, 3.63) is 47.7 Å². The third kappa shape index (κ3) is 2.04. The quantitative estimate of drug-likeness (QED) is 0.829. The van der Waals surface area contributed by atoms with E-state index in [2.05, 4.69) is 10.2 Å². The van der Waals surface area contributed by atoms with Crippen molar-refractivity contribution in [1.29, 1.82) is 0 Å². The minimum absolute atomic E-state index is 0.271. The van der Waals surface area contributed by atoms with Crippen LogP contribution in [-0.4, -0.2) is 17.3 Å². The van der Waals surface area contributed by atoms with Crippen LogP contribution in [0.4, 0.5) is 0 Å². The summed E-state index contributed by atoms with van der Waals surface area (Å²) in [7, 11) is 1.66. The molecule has 4 heteroatoms. The van der Waals surface area contributed by atoms with Gasteiger partial charge in [-0.1, -0.05) is 36.8 Å². The van der Waals surface area contributed by atoms with Crippen LogP contribution in [0, 0.1) is 0 Å². The zero-order valence-electron chi connectivity index (χ0n) is 10.4. The molecule has 1 saturated carbocycles. The Hall–Kier alpha value is -1.68. The van der Waals surface area contributed by atoms with Gasteiger partial charge in [-0.25, -0.2) is 0 Å². The van der Waals surface area contributed by atoms with Crippen LogP contribution in [0.3, 0.4) is 0 Å². The molecular weight excluding hydrogens is 228 g/mol. The minimum atomic E-state index is -0.271. The number of hydrogen-bond acceptors (Lipinski definition) is 4. The molecule has 1 aliphatic carbocycles. The molecule has 0 radical (unpaired) electrons. The highest BCUT2D eigenvalue weighted by Crippen LogP contribution is 2.36. The fourth-order valence-corrected chi connectivity index (χ4v) is 2.18. The number of nitrogens with zero attached hydrogens (tertiary/aromatic N) is 2. The normalized spacial score (nSPS) is 17.4. The summed E-state index contributed by atoms with van der Waals surface area (Å²) in [4.78, 5) is 0. The van der Waals surface area contributed by atoms with Gasteiger partial charge in [0.1, 0.15) is 0 Å². The molecule has 3 rings (SSSR count). The zero-order chi connectivity index (χ0) is 12.4. The van der Waals surface area contributed by atoms with Crippen molar-refractivity contribution >= 4 is 0 Å². The van der Waals surface area contributed by atoms with Crippen LogP contribution >= 0.6 is 0 Å². The Labute approximate surface area is 106 Å². The lowest BCUT2D eigenvalue weighted by Gasteiger charge is -2.21. The molecule has 1 fully saturated rings. The van der Waals surface area contributed by atoms with E-state index < -0.39 is 0 Å². The zero-order valence-corrected chi connectivity index (χ0v) is 10.4. The molecule has 0 aliphatic heterocycles. The summed E-state index contributed by atoms with van der Waals surface area (Å²) >= 11 is 0. The molecule has 0 saturated heterocycles. The number of aromatic nitrogens is 2. The molecule has 94 valence electrons. The van der Waals surface area contributed by atoms with E-state index in [1.807, 2.05) is 30.3 Å². The van der Waals surface area contributed by atoms with Crippen molar-refractivity contribution in [3.8, 4) is 0 Å². The Morgan fingerprint density at radius 2 is 2.00 bits per heavy atom. The fourth-order valence-electron chi connectivity index (χ4n) is 2.18. The summed E-state index contributed by atoms with van der Waals surface area (Å²) in [5, 5.41) is 8.26. The summed E-state index contributed by atoms with van der Waals surface area (Å²) in [6.45, 7) is 0. The highest BCUT2D eigenvalue weighted by Gasteiger charge is 2.27. The lowest BCUT2D eigenvalue weighted by molar-refractivity contribution is 0.109. The largest absolute Gasteiger partial charge is 0.422 e. The van der Waals surface area contributed by atoms with Crippen LogP contribution in [0.25, 0.3) is 0 Å². The second-order valence-electron chi connectivity index (χ2n) is 4.63. The Kier molecular flexibility index (Phi) is 3.11. The minimum Gasteiger partial charge on any atom is -0.422 e. The van der Waals surface area contributed by atoms with Crippen LogP contribution in [0.5, 0.6) is 0 Å². The van der Waals surface area contributed by atoms with E-state index in [0.29, 0.717) is 11.8 Å². The fraction of sp³-hybridized carbons (Fsp3) is 0.429. The molecule has 1 aliphatic rings. The topological polar surface area (TPSA) is 48.2 Å². The van der Waals surface area contributed by atoms with Gasteiger partial charge in [0.25, 0.3) is 0 Å². The van der Waals surface area contributed by atoms with Gasteiger partial charge < -0.3 is 9.15 Å². The predicted molar refractivity (Wildman–Crippen MR) is 66.2 cm³/mol. The highest BCUT2D eigenvalue weighted by molar-refractivity contribution is 5.21. The number of benzene rings is 1. The van der Waals surface area contributed by atoms with Crippen molar-refractivity contribution in [2.75, 3.05) is 7.11 Å². The van der Waals surface area contributed by atoms with E-state index in [4.69, 9.17) is 9.15 Å². The van der Waals surface area contributed by atoms with E-state index in [9.17, 15) is 0 Å². The molecule has 0 bridgehead atoms. The van der Waals surface area contributed by atoms with Crippen molar-refractivity contribution in [2.24, 2.45) is 0 Å². The maximum Gasteiger partial charge on any atom is 0.249 e. The SMILES string of the molecule is COC(c1ccccc1)c1nnc(C2CCC2)o1. The van der Waals surface area contributed by atoms with Gasteiger partial charge >= 0.3 is 0 Å². The smallest absolute Gasteiger partial charge is 0.249 e. The second-order valence-corrected chi connectivity index (χ2v) is 4.63. The van der Waals surface area contributed by atoms with Gasteiger partial charge in [-0.15, -0.1) is 10.2 Å². The van der Waals surface area contributed by atoms with Crippen LogP contribution < -0.4 is 0 Å². The molecule has 0 spiro atoms. The standard InChI is InChI=1S/C14H16N2O2/c1-17-12(10-6-3-2-4-7-10)14-16-15-13(18-14)11-8-5-9-11/h2-4,6-7,11-12H,5,8-9H2,1H3. The highest BCUT2D eigenvalue weighted by atomic mass is 16.5. The maximum absolute atomic E-state index is 5.75. The first-order chi connectivity index (χ1) is 8.88. The average molecular weight is 244 g/mol. The molecule has 1 aromatic carbocycles. The van der Waals surface area contributed by atoms with E-state index in [1.54, 1.807) is 7.11 Å². The Morgan fingerprint density at radius 3 is 2.61 bits per heavy atom. The Morgan fingerprint density at radius 1 is 1.22 bits per heavy atom. The van der Waals surface area contributed by atoms with Gasteiger partial charge in [0.05, 0.1) is 0 Å². The lowest BCUT2D eigenvalue weighted by atomic mass is 9.85. The van der Waals surface area contributed by atoms with Crippen LogP contribution in [0.2, 0.25) is 0 Å². The van der Waals surface area contributed by atoms with Crippen molar-refractivity contribution in [2.45, 2.75) is 31.3 Å². The van der Waals surface area contributed by atoms with Gasteiger partial charge in [0, 0.05) is 13.0 Å². The summed E-state index contributed by atoms with van der Waals surface area (Å²) in [6, 6.07) is 9.93. The second kappa shape index (κ2) is 4.90. The maximum atomic E-state index is 5.75. The van der Waals surface area contributed by atoms with Crippen molar-refractivity contribution < 1.29 is 9.15 Å². The molecule has 1 heterocycles. The molecular formula is C14H16N2O2. The molecule has 4 nitrogen and oxygen atoms in total. The molecule has 1 unspecified atom stereocenters. The third-order valence-corrected chi connectivity index (χ3v) is 3.47. The summed E-state index contributed by atoms with van der Waals surface area (Å²) in [5.74, 6) is 1.76. The predicted octanol–water partition coefficient (Wildman–Crippen LogP) is 3.07. The van der Waals surface area contributed by atoms with Crippen LogP contribution in [-0.2, 0) is 4.74 Å². The Bertz CT molecular complexity index is 506. The van der Waals surface area contributed by atoms with Gasteiger partial charge in [0.2, 0.25) is 11.8 Å². The molecule has 18 heavy (non-hydrogen) atoms. The van der Waals surface area contributed by atoms with Crippen LogP contribution in [0.1, 0.15) is 48.6 Å². The van der Waals surface area contributed by atoms with Crippen LogP contribution in [0.15, 0.2) is 34.7 Å².